The monoisotopic (exact) mass is 316 g/mol. The van der Waals surface area contributed by atoms with Gasteiger partial charge in [0.1, 0.15) is 0 Å². The number of halogens is 1. The summed E-state index contributed by atoms with van der Waals surface area (Å²) in [5, 5.41) is 21.5. The lowest BCUT2D eigenvalue weighted by Crippen LogP contribution is -1.99. The number of benzene rings is 1. The average Bonchev–Trinajstić information content (AvgIpc) is 2.43. The van der Waals surface area contributed by atoms with Gasteiger partial charge < -0.3 is 0 Å². The van der Waals surface area contributed by atoms with Gasteiger partial charge in [0.15, 0.2) is 0 Å². The first-order chi connectivity index (χ1) is 9.40. The third kappa shape index (κ3) is 3.94. The minimum absolute atomic E-state index is 0.236. The van der Waals surface area contributed by atoms with E-state index in [0.29, 0.717) is 11.3 Å². The highest BCUT2D eigenvalue weighted by Gasteiger charge is 2.22. The van der Waals surface area contributed by atoms with Crippen molar-refractivity contribution in [2.75, 3.05) is 0 Å². The van der Waals surface area contributed by atoms with Gasteiger partial charge >= 0.3 is 0 Å². The lowest BCUT2D eigenvalue weighted by molar-refractivity contribution is -0.396. The van der Waals surface area contributed by atoms with Crippen molar-refractivity contribution in [3.8, 4) is 0 Å². The van der Waals surface area contributed by atoms with Gasteiger partial charge in [-0.25, -0.2) is 0 Å². The Morgan fingerprint density at radius 1 is 1.40 bits per heavy atom. The van der Waals surface area contributed by atoms with Crippen LogP contribution in [0.25, 0.3) is 0 Å². The molecule has 0 saturated carbocycles. The Hall–Kier alpha value is -1.60. The summed E-state index contributed by atoms with van der Waals surface area (Å²) in [5.41, 5.74) is -0.593. The molecule has 0 amide bonds. The second kappa shape index (κ2) is 7.25. The SMILES string of the molecule is C/C=C(/Sc1ccc([N+](=O)[O-])cc1[N+](=O)[O-])C(Cl)CC. The maximum absolute atomic E-state index is 11.0. The zero-order chi connectivity index (χ0) is 15.3. The van der Waals surface area contributed by atoms with Crippen molar-refractivity contribution in [2.45, 2.75) is 30.5 Å². The van der Waals surface area contributed by atoms with E-state index in [2.05, 4.69) is 0 Å². The molecule has 0 aliphatic carbocycles. The number of alkyl halides is 1. The van der Waals surface area contributed by atoms with Gasteiger partial charge in [0.25, 0.3) is 11.4 Å². The molecular formula is C12H13ClN2O4S. The predicted molar refractivity (Wildman–Crippen MR) is 79.3 cm³/mol. The van der Waals surface area contributed by atoms with Crippen LogP contribution in [0, 0.1) is 20.2 Å². The Kier molecular flexibility index (Phi) is 5.97. The largest absolute Gasteiger partial charge is 0.290 e. The number of nitrogens with zero attached hydrogens (tertiary/aromatic N) is 2. The molecule has 1 rings (SSSR count). The highest BCUT2D eigenvalue weighted by Crippen LogP contribution is 2.39. The molecule has 0 saturated heterocycles. The highest BCUT2D eigenvalue weighted by molar-refractivity contribution is 8.03. The fourth-order valence-corrected chi connectivity index (χ4v) is 2.78. The van der Waals surface area contributed by atoms with E-state index in [1.807, 2.05) is 6.92 Å². The third-order valence-corrected chi connectivity index (χ3v) is 4.52. The molecule has 108 valence electrons. The number of hydrogen-bond donors (Lipinski definition) is 0. The van der Waals surface area contributed by atoms with Crippen LogP contribution in [0.4, 0.5) is 11.4 Å². The zero-order valence-corrected chi connectivity index (χ0v) is 12.5. The Labute approximate surface area is 125 Å². The second-order valence-corrected chi connectivity index (χ2v) is 5.48. The first kappa shape index (κ1) is 16.5. The van der Waals surface area contributed by atoms with E-state index in [1.165, 1.54) is 12.1 Å². The molecule has 0 bridgehead atoms. The molecule has 1 unspecified atom stereocenters. The van der Waals surface area contributed by atoms with Crippen molar-refractivity contribution in [3.05, 3.63) is 49.4 Å². The Bertz CT molecular complexity index is 562. The van der Waals surface area contributed by atoms with Gasteiger partial charge in [-0.15, -0.1) is 11.6 Å². The van der Waals surface area contributed by atoms with Crippen LogP contribution in [-0.4, -0.2) is 15.2 Å². The summed E-state index contributed by atoms with van der Waals surface area (Å²) in [6.07, 6.45) is 2.48. The molecule has 8 heteroatoms. The molecule has 0 radical (unpaired) electrons. The predicted octanol–water partition coefficient (Wildman–Crippen LogP) is 4.52. The van der Waals surface area contributed by atoms with Gasteiger partial charge in [0.2, 0.25) is 0 Å². The fraction of sp³-hybridized carbons (Fsp3) is 0.333. The summed E-state index contributed by atoms with van der Waals surface area (Å²) in [7, 11) is 0. The van der Waals surface area contributed by atoms with E-state index < -0.39 is 9.85 Å². The van der Waals surface area contributed by atoms with Crippen LogP contribution >= 0.6 is 23.4 Å². The number of non-ortho nitro benzene ring substituents is 1. The molecule has 0 aromatic heterocycles. The van der Waals surface area contributed by atoms with E-state index in [1.54, 1.807) is 13.0 Å². The maximum Gasteiger partial charge on any atom is 0.290 e. The van der Waals surface area contributed by atoms with Gasteiger partial charge in [0.05, 0.1) is 26.2 Å². The lowest BCUT2D eigenvalue weighted by atomic mass is 10.3. The van der Waals surface area contributed by atoms with Crippen LogP contribution in [0.3, 0.4) is 0 Å². The van der Waals surface area contributed by atoms with E-state index in [-0.39, 0.29) is 16.8 Å². The smallest absolute Gasteiger partial charge is 0.258 e. The average molecular weight is 317 g/mol. The number of hydrogen-bond acceptors (Lipinski definition) is 5. The Morgan fingerprint density at radius 3 is 2.50 bits per heavy atom. The Balaban J connectivity index is 3.18. The summed E-state index contributed by atoms with van der Waals surface area (Å²) in [6, 6.07) is 3.59. The summed E-state index contributed by atoms with van der Waals surface area (Å²) in [4.78, 5) is 21.5. The lowest BCUT2D eigenvalue weighted by Gasteiger charge is -2.11. The van der Waals surface area contributed by atoms with E-state index >= 15 is 0 Å². The summed E-state index contributed by atoms with van der Waals surface area (Å²) >= 11 is 7.29. The van der Waals surface area contributed by atoms with E-state index in [0.717, 1.165) is 22.7 Å². The van der Waals surface area contributed by atoms with Crippen molar-refractivity contribution in [1.29, 1.82) is 0 Å². The molecule has 6 nitrogen and oxygen atoms in total. The quantitative estimate of drug-likeness (QED) is 0.333. The van der Waals surface area contributed by atoms with Crippen LogP contribution in [0.15, 0.2) is 34.1 Å². The van der Waals surface area contributed by atoms with Gasteiger partial charge in [0, 0.05) is 11.0 Å². The first-order valence-corrected chi connectivity index (χ1v) is 7.06. The molecule has 20 heavy (non-hydrogen) atoms. The standard InChI is InChI=1S/C12H13ClN2O4S/c1-3-9(13)11(4-2)20-12-6-5-8(14(16)17)7-10(12)15(18)19/h4-7,9H,3H2,1-2H3/b11-4+. The minimum atomic E-state index is -0.658. The zero-order valence-electron chi connectivity index (χ0n) is 10.9. The number of thioether (sulfide) groups is 1. The number of nitro groups is 2. The van der Waals surface area contributed by atoms with Gasteiger partial charge in [-0.2, -0.15) is 0 Å². The topological polar surface area (TPSA) is 86.3 Å². The number of rotatable bonds is 6. The van der Waals surface area contributed by atoms with E-state index in [9.17, 15) is 20.2 Å². The van der Waals surface area contributed by atoms with Crippen molar-refractivity contribution in [1.82, 2.24) is 0 Å². The molecule has 0 heterocycles. The molecule has 1 atom stereocenters. The van der Waals surface area contributed by atoms with Gasteiger partial charge in [-0.1, -0.05) is 24.8 Å². The maximum atomic E-state index is 11.0. The van der Waals surface area contributed by atoms with Gasteiger partial charge in [-0.3, -0.25) is 20.2 Å². The van der Waals surface area contributed by atoms with Crippen LogP contribution in [0.5, 0.6) is 0 Å². The molecule has 0 aliphatic rings. The molecule has 1 aromatic rings. The normalized spacial score (nSPS) is 13.1. The molecular weight excluding hydrogens is 304 g/mol. The van der Waals surface area contributed by atoms with Crippen LogP contribution in [0.2, 0.25) is 0 Å². The Morgan fingerprint density at radius 2 is 2.05 bits per heavy atom. The molecule has 0 N–H and O–H groups in total. The van der Waals surface area contributed by atoms with Crippen molar-refractivity contribution in [2.24, 2.45) is 0 Å². The van der Waals surface area contributed by atoms with Crippen molar-refractivity contribution in [3.63, 3.8) is 0 Å². The third-order valence-electron chi connectivity index (χ3n) is 2.53. The molecule has 0 spiro atoms. The summed E-state index contributed by atoms with van der Waals surface area (Å²) in [6.45, 7) is 3.70. The molecule has 0 fully saturated rings. The number of allylic oxidation sites excluding steroid dienone is 2. The molecule has 0 aliphatic heterocycles. The van der Waals surface area contributed by atoms with E-state index in [4.69, 9.17) is 11.6 Å². The summed E-state index contributed by atoms with van der Waals surface area (Å²) in [5.74, 6) is 0. The van der Waals surface area contributed by atoms with Crippen LogP contribution < -0.4 is 0 Å². The highest BCUT2D eigenvalue weighted by atomic mass is 35.5. The van der Waals surface area contributed by atoms with Gasteiger partial charge in [-0.05, 0) is 19.4 Å². The van der Waals surface area contributed by atoms with Crippen molar-refractivity contribution < 1.29 is 9.85 Å². The van der Waals surface area contributed by atoms with Crippen LogP contribution in [0.1, 0.15) is 20.3 Å². The summed E-state index contributed by atoms with van der Waals surface area (Å²) < 4.78 is 0. The second-order valence-electron chi connectivity index (χ2n) is 3.84. The number of nitro benzene ring substituents is 2. The first-order valence-electron chi connectivity index (χ1n) is 5.81. The fourth-order valence-electron chi connectivity index (χ4n) is 1.48. The van der Waals surface area contributed by atoms with Crippen molar-refractivity contribution >= 4 is 34.7 Å². The van der Waals surface area contributed by atoms with Crippen LogP contribution in [-0.2, 0) is 0 Å². The minimum Gasteiger partial charge on any atom is -0.258 e. The molecule has 1 aromatic carbocycles.